The molecule has 0 saturated heterocycles. The van der Waals surface area contributed by atoms with E-state index in [2.05, 4.69) is 72.3 Å². The highest BCUT2D eigenvalue weighted by molar-refractivity contribution is 5.49. The molecule has 1 aromatic heterocycles. The van der Waals surface area contributed by atoms with E-state index in [0.29, 0.717) is 5.92 Å². The molecule has 0 atom stereocenters. The molecule has 1 N–H and O–H groups in total. The van der Waals surface area contributed by atoms with Crippen molar-refractivity contribution in [1.82, 2.24) is 9.97 Å². The van der Waals surface area contributed by atoms with Gasteiger partial charge in [-0.15, -0.1) is 0 Å². The van der Waals surface area contributed by atoms with Gasteiger partial charge in [-0.25, -0.2) is 9.97 Å². The summed E-state index contributed by atoms with van der Waals surface area (Å²) in [5.74, 6) is 2.98. The molecule has 1 heterocycles. The minimum Gasteiger partial charge on any atom is -0.373 e. The lowest BCUT2D eigenvalue weighted by Crippen LogP contribution is -2.19. The maximum Gasteiger partial charge on any atom is 0.135 e. The molecule has 112 valence electrons. The molecular formula is C17H24N4. The monoisotopic (exact) mass is 284 g/mol. The van der Waals surface area contributed by atoms with E-state index in [1.807, 2.05) is 13.1 Å². The molecule has 0 fully saturated rings. The van der Waals surface area contributed by atoms with Crippen molar-refractivity contribution in [3.63, 3.8) is 0 Å². The zero-order chi connectivity index (χ0) is 15.4. The first-order valence-corrected chi connectivity index (χ1v) is 7.33. The smallest absolute Gasteiger partial charge is 0.135 e. The van der Waals surface area contributed by atoms with E-state index in [1.165, 1.54) is 11.1 Å². The normalized spacial score (nSPS) is 10.8. The third kappa shape index (κ3) is 3.94. The van der Waals surface area contributed by atoms with Gasteiger partial charge in [-0.05, 0) is 12.5 Å². The number of aromatic nitrogens is 2. The molecule has 0 aliphatic rings. The van der Waals surface area contributed by atoms with Gasteiger partial charge in [-0.3, -0.25) is 0 Å². The lowest BCUT2D eigenvalue weighted by molar-refractivity contribution is 0.764. The van der Waals surface area contributed by atoms with E-state index in [-0.39, 0.29) is 0 Å². The lowest BCUT2D eigenvalue weighted by atomic mass is 10.1. The Morgan fingerprint density at radius 1 is 1.14 bits per heavy atom. The van der Waals surface area contributed by atoms with Crippen LogP contribution in [0.3, 0.4) is 0 Å². The molecule has 21 heavy (non-hydrogen) atoms. The number of hydrogen-bond donors (Lipinski definition) is 1. The highest BCUT2D eigenvalue weighted by atomic mass is 15.2. The second-order valence-electron chi connectivity index (χ2n) is 5.72. The Hall–Kier alpha value is -2.10. The van der Waals surface area contributed by atoms with Gasteiger partial charge in [0.1, 0.15) is 17.5 Å². The van der Waals surface area contributed by atoms with E-state index < -0.39 is 0 Å². The van der Waals surface area contributed by atoms with Crippen molar-refractivity contribution in [1.29, 1.82) is 0 Å². The Morgan fingerprint density at radius 3 is 2.38 bits per heavy atom. The fourth-order valence-corrected chi connectivity index (χ4v) is 2.08. The van der Waals surface area contributed by atoms with E-state index in [4.69, 9.17) is 0 Å². The van der Waals surface area contributed by atoms with Gasteiger partial charge >= 0.3 is 0 Å². The summed E-state index contributed by atoms with van der Waals surface area (Å²) < 4.78 is 0. The van der Waals surface area contributed by atoms with E-state index in [0.717, 1.165) is 24.0 Å². The summed E-state index contributed by atoms with van der Waals surface area (Å²) >= 11 is 0. The summed E-state index contributed by atoms with van der Waals surface area (Å²) in [5.41, 5.74) is 2.56. The second-order valence-corrected chi connectivity index (χ2v) is 5.72. The SMILES string of the molecule is CNc1cc(N(C)Cc2ccc(C)cc2)nc(C(C)C)n1. The largest absolute Gasteiger partial charge is 0.373 e. The minimum atomic E-state index is 0.310. The quantitative estimate of drug-likeness (QED) is 0.911. The Balaban J connectivity index is 2.23. The van der Waals surface area contributed by atoms with Crippen LogP contribution in [0.1, 0.15) is 36.7 Å². The number of nitrogens with one attached hydrogen (secondary N) is 1. The Kier molecular flexibility index (Phi) is 4.78. The van der Waals surface area contributed by atoms with Gasteiger partial charge in [0.25, 0.3) is 0 Å². The molecule has 1 aromatic carbocycles. The predicted molar refractivity (Wildman–Crippen MR) is 89.0 cm³/mol. The van der Waals surface area contributed by atoms with Crippen molar-refractivity contribution in [2.24, 2.45) is 0 Å². The Morgan fingerprint density at radius 2 is 1.81 bits per heavy atom. The Bertz CT molecular complexity index is 590. The summed E-state index contributed by atoms with van der Waals surface area (Å²) in [4.78, 5) is 11.3. The van der Waals surface area contributed by atoms with Crippen molar-refractivity contribution in [3.05, 3.63) is 47.3 Å². The standard InChI is InChI=1S/C17H24N4/c1-12(2)17-19-15(18-4)10-16(20-17)21(5)11-14-8-6-13(3)7-9-14/h6-10,12H,11H2,1-5H3,(H,18,19,20). The summed E-state index contributed by atoms with van der Waals surface area (Å²) in [5, 5.41) is 3.11. The van der Waals surface area contributed by atoms with E-state index in [1.54, 1.807) is 0 Å². The maximum absolute atomic E-state index is 4.67. The van der Waals surface area contributed by atoms with Gasteiger partial charge in [-0.2, -0.15) is 0 Å². The molecule has 0 radical (unpaired) electrons. The first-order chi connectivity index (χ1) is 9.99. The van der Waals surface area contributed by atoms with Crippen LogP contribution in [0.5, 0.6) is 0 Å². The zero-order valence-corrected chi connectivity index (χ0v) is 13.5. The van der Waals surface area contributed by atoms with Crippen LogP contribution in [-0.4, -0.2) is 24.1 Å². The number of rotatable bonds is 5. The number of hydrogen-bond acceptors (Lipinski definition) is 4. The highest BCUT2D eigenvalue weighted by Crippen LogP contribution is 2.20. The van der Waals surface area contributed by atoms with Crippen LogP contribution in [0.15, 0.2) is 30.3 Å². The first-order valence-electron chi connectivity index (χ1n) is 7.33. The topological polar surface area (TPSA) is 41.0 Å². The molecule has 0 aliphatic heterocycles. The van der Waals surface area contributed by atoms with E-state index in [9.17, 15) is 0 Å². The molecule has 0 spiro atoms. The van der Waals surface area contributed by atoms with Gasteiger partial charge in [0, 0.05) is 32.6 Å². The molecule has 2 rings (SSSR count). The number of anilines is 2. The molecule has 4 heteroatoms. The molecule has 0 bridgehead atoms. The van der Waals surface area contributed by atoms with Gasteiger partial charge in [0.05, 0.1) is 0 Å². The van der Waals surface area contributed by atoms with Crippen molar-refractivity contribution in [3.8, 4) is 0 Å². The summed E-state index contributed by atoms with van der Waals surface area (Å²) in [6.07, 6.45) is 0. The van der Waals surface area contributed by atoms with Crippen LogP contribution >= 0.6 is 0 Å². The molecule has 0 saturated carbocycles. The second kappa shape index (κ2) is 6.57. The third-order valence-electron chi connectivity index (χ3n) is 3.43. The average Bonchev–Trinajstić information content (AvgIpc) is 2.49. The first kappa shape index (κ1) is 15.3. The maximum atomic E-state index is 4.67. The van der Waals surface area contributed by atoms with Gasteiger partial charge in [-0.1, -0.05) is 43.7 Å². The predicted octanol–water partition coefficient (Wildman–Crippen LogP) is 3.59. The fraction of sp³-hybridized carbons (Fsp3) is 0.412. The summed E-state index contributed by atoms with van der Waals surface area (Å²) in [6.45, 7) is 7.15. The van der Waals surface area contributed by atoms with Crippen LogP contribution in [0.25, 0.3) is 0 Å². The van der Waals surface area contributed by atoms with E-state index >= 15 is 0 Å². The van der Waals surface area contributed by atoms with Crippen LogP contribution in [0.4, 0.5) is 11.6 Å². The molecule has 0 aliphatic carbocycles. The minimum absolute atomic E-state index is 0.310. The fourth-order valence-electron chi connectivity index (χ4n) is 2.08. The van der Waals surface area contributed by atoms with Crippen LogP contribution in [0, 0.1) is 6.92 Å². The van der Waals surface area contributed by atoms with Crippen LogP contribution in [0.2, 0.25) is 0 Å². The summed E-state index contributed by atoms with van der Waals surface area (Å²) in [7, 11) is 3.95. The highest BCUT2D eigenvalue weighted by Gasteiger charge is 2.11. The van der Waals surface area contributed by atoms with Crippen molar-refractivity contribution >= 4 is 11.6 Å². The van der Waals surface area contributed by atoms with Gasteiger partial charge in [0.2, 0.25) is 0 Å². The number of nitrogens with zero attached hydrogens (tertiary/aromatic N) is 3. The van der Waals surface area contributed by atoms with Crippen molar-refractivity contribution < 1.29 is 0 Å². The lowest BCUT2D eigenvalue weighted by Gasteiger charge is -2.20. The van der Waals surface area contributed by atoms with Crippen LogP contribution in [-0.2, 0) is 6.54 Å². The number of aryl methyl sites for hydroxylation is 1. The molecule has 0 unspecified atom stereocenters. The summed E-state index contributed by atoms with van der Waals surface area (Å²) in [6, 6.07) is 10.6. The Labute approximate surface area is 127 Å². The van der Waals surface area contributed by atoms with Crippen molar-refractivity contribution in [2.45, 2.75) is 33.2 Å². The third-order valence-corrected chi connectivity index (χ3v) is 3.43. The number of benzene rings is 1. The zero-order valence-electron chi connectivity index (χ0n) is 13.5. The molecule has 2 aromatic rings. The van der Waals surface area contributed by atoms with Crippen molar-refractivity contribution in [2.75, 3.05) is 24.3 Å². The van der Waals surface area contributed by atoms with Gasteiger partial charge < -0.3 is 10.2 Å². The molecule has 4 nitrogen and oxygen atoms in total. The molecule has 0 amide bonds. The average molecular weight is 284 g/mol. The van der Waals surface area contributed by atoms with Crippen LogP contribution < -0.4 is 10.2 Å². The molecular weight excluding hydrogens is 260 g/mol. The van der Waals surface area contributed by atoms with Gasteiger partial charge in [0.15, 0.2) is 0 Å².